The molecule has 0 aliphatic carbocycles. The van der Waals surface area contributed by atoms with Crippen LogP contribution in [0.5, 0.6) is 6.01 Å². The Bertz CT molecular complexity index is 709. The van der Waals surface area contributed by atoms with Crippen LogP contribution >= 0.6 is 0 Å². The fraction of sp³-hybridized carbons (Fsp3) is 0.533. The van der Waals surface area contributed by atoms with E-state index < -0.39 is 31.2 Å². The van der Waals surface area contributed by atoms with Crippen molar-refractivity contribution in [3.8, 4) is 6.01 Å². The molecule has 1 heterocycles. The second-order valence-electron chi connectivity index (χ2n) is 5.31. The summed E-state index contributed by atoms with van der Waals surface area (Å²) in [4.78, 5) is 43.9. The molecular weight excluding hydrogens is 411 g/mol. The SMILES string of the molecule is CCn1cc[n+](COCCOCCOC)c1OB(OC(=O)C(=O)O)OC(=O)C(=O)O. The number of imidazole rings is 1. The minimum absolute atomic E-state index is 0.0531. The molecule has 0 radical (unpaired) electrons. The molecule has 14 nitrogen and oxygen atoms in total. The molecule has 1 aromatic rings. The van der Waals surface area contributed by atoms with Crippen molar-refractivity contribution < 1.29 is 62.1 Å². The lowest BCUT2D eigenvalue weighted by Gasteiger charge is -2.11. The van der Waals surface area contributed by atoms with E-state index in [2.05, 4.69) is 9.31 Å². The Labute approximate surface area is 171 Å². The number of carbonyl (C=O) groups excluding carboxylic acids is 2. The van der Waals surface area contributed by atoms with E-state index in [0.29, 0.717) is 26.4 Å². The van der Waals surface area contributed by atoms with E-state index in [1.807, 2.05) is 0 Å². The maximum atomic E-state index is 11.3. The number of aromatic nitrogens is 2. The summed E-state index contributed by atoms with van der Waals surface area (Å²) in [5.41, 5.74) is 0. The van der Waals surface area contributed by atoms with Crippen LogP contribution in [0, 0.1) is 0 Å². The van der Waals surface area contributed by atoms with Gasteiger partial charge < -0.3 is 38.4 Å². The maximum Gasteiger partial charge on any atom is 0.873 e. The molecule has 0 aliphatic rings. The second-order valence-corrected chi connectivity index (χ2v) is 5.31. The molecule has 1 rings (SSSR count). The minimum atomic E-state index is -2.26. The molecule has 0 aromatic carbocycles. The highest BCUT2D eigenvalue weighted by Crippen LogP contribution is 2.09. The predicted octanol–water partition coefficient (Wildman–Crippen LogP) is -1.95. The predicted molar refractivity (Wildman–Crippen MR) is 92.8 cm³/mol. The number of carboxylic acid groups (broad SMARTS) is 2. The van der Waals surface area contributed by atoms with Gasteiger partial charge in [0.15, 0.2) is 6.73 Å². The number of ether oxygens (including phenoxy) is 3. The van der Waals surface area contributed by atoms with Crippen molar-refractivity contribution >= 4 is 31.2 Å². The summed E-state index contributed by atoms with van der Waals surface area (Å²) in [5, 5.41) is 17.3. The third kappa shape index (κ3) is 8.46. The number of nitrogens with zero attached hydrogens (tertiary/aromatic N) is 2. The number of hydrogen-bond acceptors (Lipinski definition) is 10. The molecule has 1 aromatic heterocycles. The van der Waals surface area contributed by atoms with Crippen molar-refractivity contribution in [2.45, 2.75) is 20.2 Å². The van der Waals surface area contributed by atoms with Gasteiger partial charge in [-0.1, -0.05) is 0 Å². The van der Waals surface area contributed by atoms with Gasteiger partial charge in [-0.3, -0.25) is 0 Å². The average molecular weight is 433 g/mol. The number of rotatable bonds is 13. The first-order valence-corrected chi connectivity index (χ1v) is 8.57. The average Bonchev–Trinajstić information content (AvgIpc) is 3.08. The zero-order chi connectivity index (χ0) is 22.5. The third-order valence-electron chi connectivity index (χ3n) is 3.25. The molecule has 0 saturated carbocycles. The van der Waals surface area contributed by atoms with Gasteiger partial charge in [0.25, 0.3) is 0 Å². The van der Waals surface area contributed by atoms with Gasteiger partial charge in [0.1, 0.15) is 12.4 Å². The second kappa shape index (κ2) is 13.1. The molecule has 0 fully saturated rings. The monoisotopic (exact) mass is 433 g/mol. The summed E-state index contributed by atoms with van der Waals surface area (Å²) < 4.78 is 32.4. The van der Waals surface area contributed by atoms with Crippen LogP contribution in [-0.4, -0.2) is 79.5 Å². The van der Waals surface area contributed by atoms with Gasteiger partial charge in [-0.05, 0) is 6.92 Å². The van der Waals surface area contributed by atoms with Crippen LogP contribution in [0.25, 0.3) is 0 Å². The highest BCUT2D eigenvalue weighted by atomic mass is 16.8. The summed E-state index contributed by atoms with van der Waals surface area (Å²) in [7, 11) is -0.716. The molecular formula is C15H22BN2O12+. The largest absolute Gasteiger partial charge is 0.873 e. The molecule has 0 spiro atoms. The van der Waals surface area contributed by atoms with E-state index in [1.165, 1.54) is 15.3 Å². The number of carbonyl (C=O) groups is 4. The van der Waals surface area contributed by atoms with Crippen LogP contribution in [0.3, 0.4) is 0 Å². The summed E-state index contributed by atoms with van der Waals surface area (Å²) in [6.07, 6.45) is 3.09. The lowest BCUT2D eigenvalue weighted by atomic mass is 10.2. The Morgan fingerprint density at radius 3 is 2.10 bits per heavy atom. The number of aryl methyl sites for hydroxylation is 1. The van der Waals surface area contributed by atoms with Crippen molar-refractivity contribution in [1.29, 1.82) is 0 Å². The van der Waals surface area contributed by atoms with Crippen LogP contribution in [0.15, 0.2) is 12.4 Å². The molecule has 166 valence electrons. The molecule has 0 bridgehead atoms. The Hall–Kier alpha value is -3.17. The summed E-state index contributed by atoms with van der Waals surface area (Å²) >= 11 is 0. The van der Waals surface area contributed by atoms with E-state index in [9.17, 15) is 19.2 Å². The third-order valence-corrected chi connectivity index (χ3v) is 3.25. The molecule has 30 heavy (non-hydrogen) atoms. The van der Waals surface area contributed by atoms with Crippen LogP contribution < -0.4 is 9.22 Å². The van der Waals surface area contributed by atoms with Crippen LogP contribution in [0.2, 0.25) is 0 Å². The molecule has 0 unspecified atom stereocenters. The quantitative estimate of drug-likeness (QED) is 0.153. The standard InChI is InChI=1S/C15H21BN2O12/c1-3-17-4-5-18(10-27-9-8-26-7-6-25-2)15(17)30-16(28-13(23)11(19)20)29-14(24)12(21)22/h4-5H,3,6-10H2,1-2H3,(H-,19,20,21,22)/p+1. The lowest BCUT2D eigenvalue weighted by molar-refractivity contribution is -0.734. The Balaban J connectivity index is 2.82. The molecule has 0 amide bonds. The van der Waals surface area contributed by atoms with Gasteiger partial charge in [-0.15, -0.1) is 0 Å². The topological polar surface area (TPSA) is 173 Å². The number of carboxylic acids is 2. The minimum Gasteiger partial charge on any atom is -0.473 e. The van der Waals surface area contributed by atoms with Crippen LogP contribution in [0.4, 0.5) is 0 Å². The van der Waals surface area contributed by atoms with E-state index in [4.69, 9.17) is 29.1 Å². The summed E-state index contributed by atoms with van der Waals surface area (Å²) in [5.74, 6) is -7.62. The first-order valence-electron chi connectivity index (χ1n) is 8.57. The van der Waals surface area contributed by atoms with E-state index in [0.717, 1.165) is 0 Å². The Kier molecular flexibility index (Phi) is 10.9. The van der Waals surface area contributed by atoms with Gasteiger partial charge in [0.05, 0.1) is 33.0 Å². The highest BCUT2D eigenvalue weighted by molar-refractivity contribution is 6.50. The summed E-state index contributed by atoms with van der Waals surface area (Å²) in [6, 6.07) is -0.0563. The van der Waals surface area contributed by atoms with Gasteiger partial charge in [-0.25, -0.2) is 19.2 Å². The molecule has 0 atom stereocenters. The van der Waals surface area contributed by atoms with Crippen molar-refractivity contribution in [2.75, 3.05) is 33.5 Å². The smallest absolute Gasteiger partial charge is 0.473 e. The number of aliphatic carboxylic acids is 2. The van der Waals surface area contributed by atoms with Gasteiger partial charge in [0, 0.05) is 7.11 Å². The normalized spacial score (nSPS) is 10.3. The number of hydrogen-bond donors (Lipinski definition) is 2. The van der Waals surface area contributed by atoms with Crippen molar-refractivity contribution in [3.05, 3.63) is 12.4 Å². The fourth-order valence-corrected chi connectivity index (χ4v) is 1.89. The molecule has 15 heteroatoms. The van der Waals surface area contributed by atoms with E-state index in [-0.39, 0.29) is 19.3 Å². The van der Waals surface area contributed by atoms with Gasteiger partial charge in [-0.2, -0.15) is 9.13 Å². The van der Waals surface area contributed by atoms with Crippen LogP contribution in [-0.2, 0) is 56.0 Å². The Morgan fingerprint density at radius 1 is 1.00 bits per heavy atom. The zero-order valence-electron chi connectivity index (χ0n) is 16.3. The molecule has 2 N–H and O–H groups in total. The van der Waals surface area contributed by atoms with Gasteiger partial charge in [0.2, 0.25) is 0 Å². The lowest BCUT2D eigenvalue weighted by Crippen LogP contribution is -2.44. The first-order chi connectivity index (χ1) is 14.3. The highest BCUT2D eigenvalue weighted by Gasteiger charge is 2.42. The van der Waals surface area contributed by atoms with Crippen molar-refractivity contribution in [3.63, 3.8) is 0 Å². The number of methoxy groups -OCH3 is 1. The van der Waals surface area contributed by atoms with E-state index in [1.54, 1.807) is 20.2 Å². The van der Waals surface area contributed by atoms with E-state index >= 15 is 0 Å². The summed E-state index contributed by atoms with van der Waals surface area (Å²) in [6.45, 7) is 3.40. The maximum absolute atomic E-state index is 11.3. The molecule has 0 aliphatic heterocycles. The van der Waals surface area contributed by atoms with Crippen molar-refractivity contribution in [1.82, 2.24) is 4.57 Å². The van der Waals surface area contributed by atoms with Gasteiger partial charge >= 0.3 is 37.2 Å². The zero-order valence-corrected chi connectivity index (χ0v) is 16.3. The first kappa shape index (κ1) is 24.9. The van der Waals surface area contributed by atoms with Crippen LogP contribution in [0.1, 0.15) is 6.92 Å². The Morgan fingerprint density at radius 2 is 1.57 bits per heavy atom. The van der Waals surface area contributed by atoms with Crippen molar-refractivity contribution in [2.24, 2.45) is 0 Å². The molecule has 0 saturated heterocycles. The fourth-order valence-electron chi connectivity index (χ4n) is 1.89.